The van der Waals surface area contributed by atoms with Gasteiger partial charge in [0.15, 0.2) is 0 Å². The number of nitrogens with zero attached hydrogens (tertiary/aromatic N) is 1. The number of nitro groups is 1. The van der Waals surface area contributed by atoms with Crippen molar-refractivity contribution in [2.75, 3.05) is 5.32 Å². The standard InChI is InChI=1S/C17H17FN2O3/c18-14-8-4-9-15(17(14)20(21)22)19-11-12-5-1-2-10-16(12)23-13-6-3-7-13/h1-2,4-5,8-10,13,19H,3,6-7,11H2. The molecule has 5 nitrogen and oxygen atoms in total. The minimum absolute atomic E-state index is 0.161. The highest BCUT2D eigenvalue weighted by Gasteiger charge is 2.21. The normalized spacial score (nSPS) is 14.1. The molecule has 0 saturated heterocycles. The fourth-order valence-corrected chi connectivity index (χ4v) is 2.47. The third-order valence-corrected chi connectivity index (χ3v) is 3.96. The fourth-order valence-electron chi connectivity index (χ4n) is 2.47. The molecule has 0 radical (unpaired) electrons. The van der Waals surface area contributed by atoms with Crippen LogP contribution < -0.4 is 10.1 Å². The Morgan fingerprint density at radius 1 is 1.22 bits per heavy atom. The average molecular weight is 316 g/mol. The molecular formula is C17H17FN2O3. The molecule has 0 bridgehead atoms. The van der Waals surface area contributed by atoms with E-state index in [-0.39, 0.29) is 11.8 Å². The molecule has 0 atom stereocenters. The Labute approximate surface area is 133 Å². The Morgan fingerprint density at radius 3 is 2.70 bits per heavy atom. The van der Waals surface area contributed by atoms with Crippen LogP contribution in [0.15, 0.2) is 42.5 Å². The Hall–Kier alpha value is -2.63. The molecule has 0 aliphatic heterocycles. The van der Waals surface area contributed by atoms with E-state index in [1.165, 1.54) is 18.6 Å². The van der Waals surface area contributed by atoms with Gasteiger partial charge in [-0.3, -0.25) is 10.1 Å². The summed E-state index contributed by atoms with van der Waals surface area (Å²) in [4.78, 5) is 10.3. The second kappa shape index (κ2) is 6.64. The first-order chi connectivity index (χ1) is 11.1. The highest BCUT2D eigenvalue weighted by Crippen LogP contribution is 2.30. The van der Waals surface area contributed by atoms with Crippen molar-refractivity contribution in [3.8, 4) is 5.75 Å². The van der Waals surface area contributed by atoms with Gasteiger partial charge in [0, 0.05) is 12.1 Å². The van der Waals surface area contributed by atoms with Crippen LogP contribution in [0.2, 0.25) is 0 Å². The van der Waals surface area contributed by atoms with Crippen molar-refractivity contribution in [1.29, 1.82) is 0 Å². The van der Waals surface area contributed by atoms with Crippen LogP contribution in [0.25, 0.3) is 0 Å². The van der Waals surface area contributed by atoms with Gasteiger partial charge in [-0.25, -0.2) is 0 Å². The van der Waals surface area contributed by atoms with Gasteiger partial charge >= 0.3 is 5.69 Å². The summed E-state index contributed by atoms with van der Waals surface area (Å²) >= 11 is 0. The van der Waals surface area contributed by atoms with E-state index in [1.54, 1.807) is 0 Å². The topological polar surface area (TPSA) is 64.4 Å². The van der Waals surface area contributed by atoms with Crippen LogP contribution in [0, 0.1) is 15.9 Å². The second-order valence-electron chi connectivity index (χ2n) is 5.53. The van der Waals surface area contributed by atoms with Crippen molar-refractivity contribution < 1.29 is 14.1 Å². The summed E-state index contributed by atoms with van der Waals surface area (Å²) in [7, 11) is 0. The van der Waals surface area contributed by atoms with Gasteiger partial charge in [-0.05, 0) is 37.5 Å². The Bertz CT molecular complexity index is 717. The lowest BCUT2D eigenvalue weighted by atomic mass is 9.96. The summed E-state index contributed by atoms with van der Waals surface area (Å²) in [6.45, 7) is 0.327. The summed E-state index contributed by atoms with van der Waals surface area (Å²) in [6, 6.07) is 11.6. The molecule has 0 heterocycles. The quantitative estimate of drug-likeness (QED) is 0.638. The average Bonchev–Trinajstić information content (AvgIpc) is 2.49. The zero-order valence-electron chi connectivity index (χ0n) is 12.5. The molecule has 2 aromatic rings. The van der Waals surface area contributed by atoms with Crippen LogP contribution in [-0.4, -0.2) is 11.0 Å². The maximum Gasteiger partial charge on any atom is 0.327 e. The van der Waals surface area contributed by atoms with E-state index < -0.39 is 16.4 Å². The van der Waals surface area contributed by atoms with E-state index in [0.717, 1.165) is 30.2 Å². The summed E-state index contributed by atoms with van der Waals surface area (Å²) in [6.07, 6.45) is 3.54. The largest absolute Gasteiger partial charge is 0.490 e. The molecule has 1 saturated carbocycles. The molecule has 1 aliphatic carbocycles. The highest BCUT2D eigenvalue weighted by atomic mass is 19.1. The molecule has 3 rings (SSSR count). The molecule has 0 aromatic heterocycles. The third kappa shape index (κ3) is 3.41. The van der Waals surface area contributed by atoms with Gasteiger partial charge in [0.1, 0.15) is 11.4 Å². The molecule has 1 N–H and O–H groups in total. The molecule has 2 aromatic carbocycles. The first-order valence-electron chi connectivity index (χ1n) is 7.56. The van der Waals surface area contributed by atoms with Gasteiger partial charge < -0.3 is 10.1 Å². The molecule has 0 spiro atoms. The van der Waals surface area contributed by atoms with Crippen molar-refractivity contribution in [2.24, 2.45) is 0 Å². The number of rotatable bonds is 6. The number of benzene rings is 2. The number of anilines is 1. The molecule has 1 fully saturated rings. The molecule has 1 aliphatic rings. The van der Waals surface area contributed by atoms with Gasteiger partial charge in [-0.15, -0.1) is 0 Å². The van der Waals surface area contributed by atoms with E-state index in [9.17, 15) is 14.5 Å². The summed E-state index contributed by atoms with van der Waals surface area (Å²) in [5.74, 6) is -0.0808. The molecular weight excluding hydrogens is 299 g/mol. The van der Waals surface area contributed by atoms with Crippen molar-refractivity contribution in [3.63, 3.8) is 0 Å². The SMILES string of the molecule is O=[N+]([O-])c1c(F)cccc1NCc1ccccc1OC1CCC1. The first-order valence-corrected chi connectivity index (χ1v) is 7.56. The molecule has 23 heavy (non-hydrogen) atoms. The van der Waals surface area contributed by atoms with E-state index in [4.69, 9.17) is 4.74 Å². The molecule has 0 unspecified atom stereocenters. The number of hydrogen-bond acceptors (Lipinski definition) is 4. The number of para-hydroxylation sites is 2. The smallest absolute Gasteiger partial charge is 0.327 e. The fraction of sp³-hybridized carbons (Fsp3) is 0.294. The van der Waals surface area contributed by atoms with Crippen LogP contribution in [0.1, 0.15) is 24.8 Å². The van der Waals surface area contributed by atoms with E-state index in [1.807, 2.05) is 24.3 Å². The maximum absolute atomic E-state index is 13.6. The monoisotopic (exact) mass is 316 g/mol. The zero-order valence-corrected chi connectivity index (χ0v) is 12.5. The van der Waals surface area contributed by atoms with Crippen LogP contribution in [0.3, 0.4) is 0 Å². The van der Waals surface area contributed by atoms with Gasteiger partial charge in [0.2, 0.25) is 5.82 Å². The van der Waals surface area contributed by atoms with E-state index >= 15 is 0 Å². The van der Waals surface area contributed by atoms with Crippen LogP contribution in [-0.2, 0) is 6.54 Å². The van der Waals surface area contributed by atoms with E-state index in [0.29, 0.717) is 6.54 Å². The Morgan fingerprint density at radius 2 is 2.00 bits per heavy atom. The lowest BCUT2D eigenvalue weighted by molar-refractivity contribution is -0.386. The zero-order chi connectivity index (χ0) is 16.2. The Kier molecular flexibility index (Phi) is 4.41. The van der Waals surface area contributed by atoms with Crippen molar-refractivity contribution in [1.82, 2.24) is 0 Å². The maximum atomic E-state index is 13.6. The van der Waals surface area contributed by atoms with Crippen molar-refractivity contribution in [2.45, 2.75) is 31.9 Å². The third-order valence-electron chi connectivity index (χ3n) is 3.96. The van der Waals surface area contributed by atoms with Gasteiger partial charge in [0.05, 0.1) is 11.0 Å². The van der Waals surface area contributed by atoms with Gasteiger partial charge in [0.25, 0.3) is 0 Å². The second-order valence-corrected chi connectivity index (χ2v) is 5.53. The number of nitrogens with one attached hydrogen (secondary N) is 1. The van der Waals surface area contributed by atoms with Gasteiger partial charge in [-0.2, -0.15) is 4.39 Å². The predicted molar refractivity (Wildman–Crippen MR) is 85.1 cm³/mol. The predicted octanol–water partition coefficient (Wildman–Crippen LogP) is 4.28. The summed E-state index contributed by atoms with van der Waals surface area (Å²) in [5, 5.41) is 14.0. The summed E-state index contributed by atoms with van der Waals surface area (Å²) < 4.78 is 19.5. The molecule has 120 valence electrons. The van der Waals surface area contributed by atoms with Crippen molar-refractivity contribution in [3.05, 3.63) is 64.0 Å². The Balaban J connectivity index is 1.76. The lowest BCUT2D eigenvalue weighted by Gasteiger charge is -2.27. The van der Waals surface area contributed by atoms with Crippen LogP contribution in [0.4, 0.5) is 15.8 Å². The molecule has 0 amide bonds. The highest BCUT2D eigenvalue weighted by molar-refractivity contribution is 5.62. The summed E-state index contributed by atoms with van der Waals surface area (Å²) in [5.41, 5.74) is 0.510. The number of ether oxygens (including phenoxy) is 1. The van der Waals surface area contributed by atoms with Crippen LogP contribution in [0.5, 0.6) is 5.75 Å². The van der Waals surface area contributed by atoms with Crippen molar-refractivity contribution >= 4 is 11.4 Å². The number of hydrogen-bond donors (Lipinski definition) is 1. The van der Waals surface area contributed by atoms with E-state index in [2.05, 4.69) is 5.32 Å². The number of halogens is 1. The minimum Gasteiger partial charge on any atom is -0.490 e. The number of nitro benzene ring substituents is 1. The molecule has 6 heteroatoms. The first kappa shape index (κ1) is 15.3. The lowest BCUT2D eigenvalue weighted by Crippen LogP contribution is -2.25. The minimum atomic E-state index is -0.848. The van der Waals surface area contributed by atoms with Gasteiger partial charge in [-0.1, -0.05) is 24.3 Å². The van der Waals surface area contributed by atoms with Crippen LogP contribution >= 0.6 is 0 Å².